The third-order valence-corrected chi connectivity index (χ3v) is 4.15. The maximum Gasteiger partial charge on any atom is 0.251 e. The zero-order chi connectivity index (χ0) is 14.1. The number of aryl methyl sites for hydroxylation is 3. The fourth-order valence-corrected chi connectivity index (χ4v) is 2.48. The average molecular weight is 335 g/mol. The summed E-state index contributed by atoms with van der Waals surface area (Å²) in [5.41, 5.74) is 2.16. The summed E-state index contributed by atoms with van der Waals surface area (Å²) in [7, 11) is 1.68. The number of nitrogens with one attached hydrogen (secondary N) is 1. The van der Waals surface area contributed by atoms with E-state index in [0.29, 0.717) is 5.78 Å². The number of benzene rings is 1. The van der Waals surface area contributed by atoms with Gasteiger partial charge in [0.15, 0.2) is 0 Å². The fourth-order valence-electron chi connectivity index (χ4n) is 2.15. The molecular weight excluding hydrogens is 320 g/mol. The first-order valence-corrected chi connectivity index (χ1v) is 7.19. The SMILES string of the molecule is COc1cccc(CCc2nc3nc(C)c(Br)n3[nH]2)c1. The number of H-pyrrole nitrogens is 1. The predicted molar refractivity (Wildman–Crippen MR) is 80.2 cm³/mol. The Kier molecular flexibility index (Phi) is 3.48. The normalized spacial score (nSPS) is 11.2. The summed E-state index contributed by atoms with van der Waals surface area (Å²) in [6.07, 6.45) is 1.74. The van der Waals surface area contributed by atoms with Crippen molar-refractivity contribution in [2.45, 2.75) is 19.8 Å². The Labute approximate surface area is 125 Å². The van der Waals surface area contributed by atoms with Gasteiger partial charge >= 0.3 is 0 Å². The van der Waals surface area contributed by atoms with Crippen LogP contribution in [0.25, 0.3) is 5.78 Å². The Balaban J connectivity index is 1.76. The predicted octanol–water partition coefficient (Wildman–Crippen LogP) is 2.92. The Morgan fingerprint density at radius 3 is 2.90 bits per heavy atom. The summed E-state index contributed by atoms with van der Waals surface area (Å²) in [6.45, 7) is 1.95. The number of rotatable bonds is 4. The van der Waals surface area contributed by atoms with E-state index in [1.807, 2.05) is 29.6 Å². The molecule has 6 heteroatoms. The van der Waals surface area contributed by atoms with Crippen LogP contribution in [0.5, 0.6) is 5.75 Å². The van der Waals surface area contributed by atoms with Gasteiger partial charge in [-0.15, -0.1) is 0 Å². The molecule has 20 heavy (non-hydrogen) atoms. The molecule has 5 nitrogen and oxygen atoms in total. The van der Waals surface area contributed by atoms with Crippen molar-refractivity contribution in [3.05, 3.63) is 46.0 Å². The summed E-state index contributed by atoms with van der Waals surface area (Å²) in [4.78, 5) is 8.86. The van der Waals surface area contributed by atoms with Crippen molar-refractivity contribution < 1.29 is 4.74 Å². The van der Waals surface area contributed by atoms with Crippen LogP contribution in [0.2, 0.25) is 0 Å². The number of aromatic nitrogens is 4. The first-order valence-electron chi connectivity index (χ1n) is 6.40. The van der Waals surface area contributed by atoms with Crippen molar-refractivity contribution in [2.75, 3.05) is 7.11 Å². The van der Waals surface area contributed by atoms with E-state index >= 15 is 0 Å². The van der Waals surface area contributed by atoms with Crippen molar-refractivity contribution in [3.63, 3.8) is 0 Å². The first-order chi connectivity index (χ1) is 9.67. The smallest absolute Gasteiger partial charge is 0.251 e. The van der Waals surface area contributed by atoms with Gasteiger partial charge in [-0.25, -0.2) is 9.50 Å². The number of fused-ring (bicyclic) bond motifs is 1. The minimum atomic E-state index is 0.704. The molecule has 0 spiro atoms. The van der Waals surface area contributed by atoms with E-state index in [0.717, 1.165) is 34.7 Å². The van der Waals surface area contributed by atoms with E-state index in [2.05, 4.69) is 37.1 Å². The molecule has 0 atom stereocenters. The first kappa shape index (κ1) is 13.2. The zero-order valence-electron chi connectivity index (χ0n) is 11.4. The molecule has 2 heterocycles. The van der Waals surface area contributed by atoms with E-state index in [1.54, 1.807) is 7.11 Å². The van der Waals surface area contributed by atoms with Crippen LogP contribution in [0, 0.1) is 6.92 Å². The van der Waals surface area contributed by atoms with Gasteiger partial charge in [0.25, 0.3) is 5.78 Å². The second kappa shape index (κ2) is 5.28. The van der Waals surface area contributed by atoms with Crippen molar-refractivity contribution in [1.82, 2.24) is 19.6 Å². The maximum atomic E-state index is 5.23. The lowest BCUT2D eigenvalue weighted by Crippen LogP contribution is -1.95. The molecule has 1 aromatic carbocycles. The number of ether oxygens (including phenoxy) is 1. The molecule has 3 rings (SSSR count). The molecule has 0 saturated carbocycles. The van der Waals surface area contributed by atoms with Gasteiger partial charge in [-0.1, -0.05) is 12.1 Å². The molecule has 0 aliphatic heterocycles. The number of nitrogens with zero attached hydrogens (tertiary/aromatic N) is 3. The van der Waals surface area contributed by atoms with Gasteiger partial charge in [0.2, 0.25) is 0 Å². The Bertz CT molecular complexity index is 747. The molecule has 104 valence electrons. The van der Waals surface area contributed by atoms with Gasteiger partial charge in [-0.2, -0.15) is 4.98 Å². The van der Waals surface area contributed by atoms with Gasteiger partial charge in [-0.3, -0.25) is 5.10 Å². The van der Waals surface area contributed by atoms with Crippen molar-refractivity contribution in [2.24, 2.45) is 0 Å². The van der Waals surface area contributed by atoms with Crippen LogP contribution in [0.3, 0.4) is 0 Å². The molecule has 0 amide bonds. The highest BCUT2D eigenvalue weighted by Crippen LogP contribution is 2.17. The number of methoxy groups -OCH3 is 1. The summed E-state index contributed by atoms with van der Waals surface area (Å²) in [5, 5.41) is 3.25. The van der Waals surface area contributed by atoms with Crippen LogP contribution in [0.4, 0.5) is 0 Å². The van der Waals surface area contributed by atoms with Gasteiger partial charge in [0.1, 0.15) is 16.2 Å². The van der Waals surface area contributed by atoms with Gasteiger partial charge in [-0.05, 0) is 47.0 Å². The maximum absolute atomic E-state index is 5.23. The molecule has 3 aromatic rings. The van der Waals surface area contributed by atoms with Crippen molar-refractivity contribution in [1.29, 1.82) is 0 Å². The third-order valence-electron chi connectivity index (χ3n) is 3.22. The van der Waals surface area contributed by atoms with Crippen LogP contribution in [-0.4, -0.2) is 26.7 Å². The molecule has 0 radical (unpaired) electrons. The monoisotopic (exact) mass is 334 g/mol. The van der Waals surface area contributed by atoms with Crippen LogP contribution in [0.15, 0.2) is 28.9 Å². The Morgan fingerprint density at radius 1 is 1.30 bits per heavy atom. The number of hydrogen-bond acceptors (Lipinski definition) is 3. The van der Waals surface area contributed by atoms with E-state index in [1.165, 1.54) is 5.56 Å². The summed E-state index contributed by atoms with van der Waals surface area (Å²) < 4.78 is 8.01. The Hall–Kier alpha value is -1.82. The van der Waals surface area contributed by atoms with Gasteiger partial charge in [0, 0.05) is 6.42 Å². The topological polar surface area (TPSA) is 55.2 Å². The third kappa shape index (κ3) is 2.43. The second-order valence-corrected chi connectivity index (χ2v) is 5.40. The highest BCUT2D eigenvalue weighted by atomic mass is 79.9. The second-order valence-electron chi connectivity index (χ2n) is 4.65. The van der Waals surface area contributed by atoms with Crippen LogP contribution in [-0.2, 0) is 12.8 Å². The van der Waals surface area contributed by atoms with Crippen LogP contribution in [0.1, 0.15) is 17.1 Å². The number of imidazole rings is 1. The van der Waals surface area contributed by atoms with Crippen molar-refractivity contribution in [3.8, 4) is 5.75 Å². The van der Waals surface area contributed by atoms with E-state index in [4.69, 9.17) is 4.74 Å². The fraction of sp³-hybridized carbons (Fsp3) is 0.286. The van der Waals surface area contributed by atoms with Gasteiger partial charge in [0.05, 0.1) is 12.8 Å². The van der Waals surface area contributed by atoms with Gasteiger partial charge < -0.3 is 4.74 Å². The lowest BCUT2D eigenvalue weighted by Gasteiger charge is -2.03. The molecule has 0 aliphatic rings. The minimum absolute atomic E-state index is 0.704. The van der Waals surface area contributed by atoms with Crippen LogP contribution >= 0.6 is 15.9 Å². The lowest BCUT2D eigenvalue weighted by molar-refractivity contribution is 0.414. The average Bonchev–Trinajstić information content (AvgIpc) is 2.97. The van der Waals surface area contributed by atoms with Crippen molar-refractivity contribution >= 4 is 21.7 Å². The Morgan fingerprint density at radius 2 is 2.15 bits per heavy atom. The molecule has 2 aromatic heterocycles. The largest absolute Gasteiger partial charge is 0.497 e. The molecule has 1 N–H and O–H groups in total. The molecule has 0 saturated heterocycles. The highest BCUT2D eigenvalue weighted by Gasteiger charge is 2.10. The molecule has 0 bridgehead atoms. The van der Waals surface area contributed by atoms with E-state index in [-0.39, 0.29) is 0 Å². The molecule has 0 aliphatic carbocycles. The summed E-state index contributed by atoms with van der Waals surface area (Å²) >= 11 is 3.49. The minimum Gasteiger partial charge on any atom is -0.497 e. The van der Waals surface area contributed by atoms with E-state index in [9.17, 15) is 0 Å². The quantitative estimate of drug-likeness (QED) is 0.798. The highest BCUT2D eigenvalue weighted by molar-refractivity contribution is 9.10. The lowest BCUT2D eigenvalue weighted by atomic mass is 10.1. The number of aromatic amines is 1. The number of hydrogen-bond donors (Lipinski definition) is 1. The number of halogens is 1. The van der Waals surface area contributed by atoms with E-state index < -0.39 is 0 Å². The summed E-state index contributed by atoms with van der Waals surface area (Å²) in [6, 6.07) is 8.10. The van der Waals surface area contributed by atoms with Crippen LogP contribution < -0.4 is 4.74 Å². The zero-order valence-corrected chi connectivity index (χ0v) is 12.9. The molecular formula is C14H15BrN4O. The standard InChI is InChI=1S/C14H15BrN4O/c1-9-13(15)19-14(16-9)17-12(18-19)7-6-10-4-3-5-11(8-10)20-2/h3-5,8H,6-7H2,1-2H3,(H,16,17,18). The molecule has 0 unspecified atom stereocenters. The molecule has 0 fully saturated rings. The summed E-state index contributed by atoms with van der Waals surface area (Å²) in [5.74, 6) is 2.51.